The highest BCUT2D eigenvalue weighted by atomic mass is 127. The molecule has 0 saturated carbocycles. The maximum absolute atomic E-state index is 12.6. The van der Waals surface area contributed by atoms with Crippen molar-refractivity contribution in [2.45, 2.75) is 38.8 Å². The minimum atomic E-state index is -2.59. The van der Waals surface area contributed by atoms with Crippen molar-refractivity contribution in [1.29, 1.82) is 0 Å². The van der Waals surface area contributed by atoms with Crippen molar-refractivity contribution in [1.82, 2.24) is 14.5 Å². The third-order valence-corrected chi connectivity index (χ3v) is 3.27. The Morgan fingerprint density at radius 3 is 2.55 bits per heavy atom. The summed E-state index contributed by atoms with van der Waals surface area (Å²) in [6.07, 6.45) is 7.21. The summed E-state index contributed by atoms with van der Waals surface area (Å²) in [6.45, 7) is -0.733. The molecule has 0 amide bonds. The molecule has 0 radical (unpaired) electrons. The van der Waals surface area contributed by atoms with Gasteiger partial charge in [-0.2, -0.15) is 8.78 Å². The molecular formula is C12H20F2IN5. The number of alkyl halides is 2. The molecule has 8 heteroatoms. The topological polar surface area (TPSA) is 59.4 Å². The van der Waals surface area contributed by atoms with Crippen molar-refractivity contribution in [3.8, 4) is 0 Å². The monoisotopic (exact) mass is 399 g/mol. The number of aromatic nitrogens is 2. The molecule has 2 heterocycles. The number of guanidine groups is 1. The minimum absolute atomic E-state index is 0. The molecular weight excluding hydrogens is 379 g/mol. The van der Waals surface area contributed by atoms with Gasteiger partial charge in [0.25, 0.3) is 0 Å². The van der Waals surface area contributed by atoms with Gasteiger partial charge in [-0.3, -0.25) is 4.57 Å². The lowest BCUT2D eigenvalue weighted by Crippen LogP contribution is -2.38. The van der Waals surface area contributed by atoms with E-state index in [2.05, 4.69) is 9.98 Å². The summed E-state index contributed by atoms with van der Waals surface area (Å²) in [4.78, 5) is 10.1. The molecule has 5 nitrogen and oxygen atoms in total. The van der Waals surface area contributed by atoms with Gasteiger partial charge in [-0.15, -0.1) is 24.0 Å². The van der Waals surface area contributed by atoms with E-state index in [4.69, 9.17) is 5.73 Å². The molecule has 2 rings (SSSR count). The van der Waals surface area contributed by atoms with Crippen LogP contribution in [0, 0.1) is 0 Å². The number of likely N-dealkylation sites (tertiary alicyclic amines) is 1. The van der Waals surface area contributed by atoms with E-state index in [-0.39, 0.29) is 36.3 Å². The predicted octanol–water partition coefficient (Wildman–Crippen LogP) is 2.59. The van der Waals surface area contributed by atoms with E-state index in [1.54, 1.807) is 0 Å². The normalized spacial score (nSPS) is 16.9. The fourth-order valence-electron chi connectivity index (χ4n) is 2.20. The van der Waals surface area contributed by atoms with E-state index in [9.17, 15) is 8.78 Å². The zero-order valence-corrected chi connectivity index (χ0v) is 13.5. The molecule has 0 aliphatic carbocycles. The fourth-order valence-corrected chi connectivity index (χ4v) is 2.20. The lowest BCUT2D eigenvalue weighted by molar-refractivity contribution is 0.0671. The maximum Gasteiger partial charge on any atom is 0.319 e. The molecule has 114 valence electrons. The number of aliphatic imine (C=N–C) groups is 1. The first-order valence-corrected chi connectivity index (χ1v) is 6.53. The van der Waals surface area contributed by atoms with E-state index < -0.39 is 6.55 Å². The van der Waals surface area contributed by atoms with Crippen molar-refractivity contribution in [3.05, 3.63) is 18.2 Å². The molecule has 0 aromatic carbocycles. The van der Waals surface area contributed by atoms with E-state index in [0.29, 0.717) is 5.96 Å². The zero-order valence-electron chi connectivity index (χ0n) is 11.2. The summed E-state index contributed by atoms with van der Waals surface area (Å²) >= 11 is 0. The van der Waals surface area contributed by atoms with Gasteiger partial charge in [-0.25, -0.2) is 9.98 Å². The summed E-state index contributed by atoms with van der Waals surface area (Å²) in [5, 5.41) is 0. The largest absolute Gasteiger partial charge is 0.370 e. The highest BCUT2D eigenvalue weighted by Gasteiger charge is 2.13. The average molecular weight is 399 g/mol. The van der Waals surface area contributed by atoms with Gasteiger partial charge in [0, 0.05) is 25.5 Å². The molecule has 1 aliphatic rings. The van der Waals surface area contributed by atoms with E-state index in [1.165, 1.54) is 25.2 Å². The third-order valence-electron chi connectivity index (χ3n) is 3.27. The summed E-state index contributed by atoms with van der Waals surface area (Å²) in [7, 11) is 0. The Bertz CT molecular complexity index is 427. The van der Waals surface area contributed by atoms with Crippen LogP contribution in [0.2, 0.25) is 0 Å². The van der Waals surface area contributed by atoms with Gasteiger partial charge >= 0.3 is 6.55 Å². The number of halogens is 3. The number of imidazole rings is 1. The Balaban J connectivity index is 0.00000200. The van der Waals surface area contributed by atoms with Gasteiger partial charge in [-0.05, 0) is 12.8 Å². The molecule has 2 N–H and O–H groups in total. The van der Waals surface area contributed by atoms with Crippen LogP contribution in [0.3, 0.4) is 0 Å². The zero-order chi connectivity index (χ0) is 13.7. The van der Waals surface area contributed by atoms with Crippen molar-refractivity contribution in [3.63, 3.8) is 0 Å². The average Bonchev–Trinajstić information content (AvgIpc) is 2.69. The van der Waals surface area contributed by atoms with E-state index in [1.807, 2.05) is 4.90 Å². The van der Waals surface area contributed by atoms with Crippen LogP contribution >= 0.6 is 24.0 Å². The number of nitrogens with zero attached hydrogens (tertiary/aromatic N) is 4. The van der Waals surface area contributed by atoms with Crippen LogP contribution in [0.4, 0.5) is 8.78 Å². The highest BCUT2D eigenvalue weighted by molar-refractivity contribution is 14.0. The molecule has 1 aliphatic heterocycles. The second kappa shape index (κ2) is 8.38. The standard InChI is InChI=1S/C12H19F2N5.HI/c13-11(14)19-8-5-16-10(19)9-17-12(15)18-6-3-1-2-4-7-18;/h5,8,11H,1-4,6-7,9H2,(H2,15,17);1H. The van der Waals surface area contributed by atoms with Gasteiger partial charge in [0.2, 0.25) is 0 Å². The van der Waals surface area contributed by atoms with Crippen LogP contribution in [0.5, 0.6) is 0 Å². The minimum Gasteiger partial charge on any atom is -0.370 e. The number of hydrogen-bond acceptors (Lipinski definition) is 2. The SMILES string of the molecule is I.NC(=NCc1nccn1C(F)F)N1CCCCCC1. The molecule has 1 saturated heterocycles. The summed E-state index contributed by atoms with van der Waals surface area (Å²) < 4.78 is 26.1. The van der Waals surface area contributed by atoms with Crippen molar-refractivity contribution in [2.24, 2.45) is 10.7 Å². The molecule has 0 atom stereocenters. The molecule has 0 spiro atoms. The summed E-state index contributed by atoms with van der Waals surface area (Å²) in [5.74, 6) is 0.651. The number of hydrogen-bond donors (Lipinski definition) is 1. The van der Waals surface area contributed by atoms with Crippen molar-refractivity contribution in [2.75, 3.05) is 13.1 Å². The van der Waals surface area contributed by atoms with Crippen LogP contribution in [-0.2, 0) is 6.54 Å². The van der Waals surface area contributed by atoms with Gasteiger partial charge < -0.3 is 10.6 Å². The summed E-state index contributed by atoms with van der Waals surface area (Å²) in [6, 6.07) is 0. The van der Waals surface area contributed by atoms with Crippen LogP contribution in [0.15, 0.2) is 17.4 Å². The first-order valence-electron chi connectivity index (χ1n) is 6.53. The Labute approximate surface area is 134 Å². The molecule has 1 fully saturated rings. The van der Waals surface area contributed by atoms with Crippen LogP contribution < -0.4 is 5.73 Å². The van der Waals surface area contributed by atoms with E-state index in [0.717, 1.165) is 30.5 Å². The van der Waals surface area contributed by atoms with Gasteiger partial charge in [0.15, 0.2) is 5.96 Å². The lowest BCUT2D eigenvalue weighted by Gasteiger charge is -2.21. The Hall–Kier alpha value is -0.930. The van der Waals surface area contributed by atoms with E-state index >= 15 is 0 Å². The smallest absolute Gasteiger partial charge is 0.319 e. The number of nitrogens with two attached hydrogens (primary N) is 1. The Morgan fingerprint density at radius 2 is 1.95 bits per heavy atom. The van der Waals surface area contributed by atoms with Crippen LogP contribution in [0.1, 0.15) is 38.1 Å². The Kier molecular flexibility index (Phi) is 7.17. The van der Waals surface area contributed by atoms with Crippen molar-refractivity contribution < 1.29 is 8.78 Å². The second-order valence-electron chi connectivity index (χ2n) is 4.60. The van der Waals surface area contributed by atoms with Gasteiger partial charge in [0.05, 0.1) is 0 Å². The highest BCUT2D eigenvalue weighted by Crippen LogP contribution is 2.13. The van der Waals surface area contributed by atoms with Gasteiger partial charge in [0.1, 0.15) is 12.4 Å². The molecule has 1 aromatic rings. The third kappa shape index (κ3) is 4.57. The molecule has 1 aromatic heterocycles. The second-order valence-corrected chi connectivity index (χ2v) is 4.60. The van der Waals surface area contributed by atoms with Crippen LogP contribution in [0.25, 0.3) is 0 Å². The lowest BCUT2D eigenvalue weighted by atomic mass is 10.2. The van der Waals surface area contributed by atoms with Gasteiger partial charge in [-0.1, -0.05) is 12.8 Å². The molecule has 0 bridgehead atoms. The maximum atomic E-state index is 12.6. The van der Waals surface area contributed by atoms with Crippen molar-refractivity contribution >= 4 is 29.9 Å². The summed E-state index contributed by atoms with van der Waals surface area (Å²) in [5.41, 5.74) is 5.91. The van der Waals surface area contributed by atoms with Crippen LogP contribution in [-0.4, -0.2) is 33.5 Å². The predicted molar refractivity (Wildman–Crippen MR) is 84.3 cm³/mol. The first-order chi connectivity index (χ1) is 9.18. The number of rotatable bonds is 3. The fraction of sp³-hybridized carbons (Fsp3) is 0.667. The first kappa shape index (κ1) is 17.1. The quantitative estimate of drug-likeness (QED) is 0.483. The molecule has 20 heavy (non-hydrogen) atoms. The molecule has 0 unspecified atom stereocenters. The Morgan fingerprint density at radius 1 is 1.30 bits per heavy atom.